The van der Waals surface area contributed by atoms with E-state index in [0.717, 1.165) is 5.69 Å². The van der Waals surface area contributed by atoms with Gasteiger partial charge < -0.3 is 10.6 Å². The second-order valence-electron chi connectivity index (χ2n) is 4.84. The van der Waals surface area contributed by atoms with E-state index in [1.165, 1.54) is 44.3 Å². The summed E-state index contributed by atoms with van der Waals surface area (Å²) in [7, 11) is 0. The Morgan fingerprint density at radius 1 is 1.47 bits per heavy atom. The van der Waals surface area contributed by atoms with Gasteiger partial charge in [0.15, 0.2) is 0 Å². The zero-order chi connectivity index (χ0) is 12.1. The number of nitrogens with two attached hydrogens (primary N) is 1. The minimum atomic E-state index is 0.528. The fourth-order valence-corrected chi connectivity index (χ4v) is 2.73. The molecule has 0 saturated carbocycles. The van der Waals surface area contributed by atoms with Crippen LogP contribution in [0.25, 0.3) is 0 Å². The van der Waals surface area contributed by atoms with Gasteiger partial charge in [0.25, 0.3) is 0 Å². The topological polar surface area (TPSA) is 42.2 Å². The molecule has 1 aliphatic rings. The Kier molecular flexibility index (Phi) is 4.37. The van der Waals surface area contributed by atoms with Crippen LogP contribution in [-0.4, -0.2) is 17.6 Å². The van der Waals surface area contributed by atoms with Gasteiger partial charge in [-0.25, -0.2) is 0 Å². The largest absolute Gasteiger partial charge is 0.368 e. The molecule has 1 unspecified atom stereocenters. The van der Waals surface area contributed by atoms with E-state index in [-0.39, 0.29) is 0 Å². The van der Waals surface area contributed by atoms with Gasteiger partial charge in [-0.2, -0.15) is 0 Å². The van der Waals surface area contributed by atoms with Crippen LogP contribution in [0, 0.1) is 0 Å². The van der Waals surface area contributed by atoms with Crippen molar-refractivity contribution in [2.75, 3.05) is 11.4 Å². The number of piperidine rings is 1. The first-order valence-electron chi connectivity index (χ1n) is 6.76. The third kappa shape index (κ3) is 2.97. The summed E-state index contributed by atoms with van der Waals surface area (Å²) in [6.45, 7) is 3.98. The Hall–Kier alpha value is -1.09. The molecule has 1 aliphatic heterocycles. The highest BCUT2D eigenvalue weighted by Gasteiger charge is 2.21. The molecule has 0 spiro atoms. The van der Waals surface area contributed by atoms with Crippen molar-refractivity contribution in [2.45, 2.75) is 51.6 Å². The third-order valence-electron chi connectivity index (χ3n) is 3.59. The number of rotatable bonds is 4. The lowest BCUT2D eigenvalue weighted by atomic mass is 9.97. The average Bonchev–Trinajstić information content (AvgIpc) is 2.40. The van der Waals surface area contributed by atoms with Crippen molar-refractivity contribution in [3.63, 3.8) is 0 Å². The maximum Gasteiger partial charge on any atom is 0.0560 e. The fourth-order valence-electron chi connectivity index (χ4n) is 2.73. The van der Waals surface area contributed by atoms with Crippen LogP contribution >= 0.6 is 0 Å². The van der Waals surface area contributed by atoms with E-state index >= 15 is 0 Å². The molecule has 2 heterocycles. The van der Waals surface area contributed by atoms with Crippen LogP contribution in [0.5, 0.6) is 0 Å². The molecule has 1 fully saturated rings. The molecule has 2 N–H and O–H groups in total. The molecule has 3 nitrogen and oxygen atoms in total. The van der Waals surface area contributed by atoms with Crippen molar-refractivity contribution in [2.24, 2.45) is 5.73 Å². The molecule has 1 atom stereocenters. The average molecular weight is 233 g/mol. The number of anilines is 1. The highest BCUT2D eigenvalue weighted by Crippen LogP contribution is 2.27. The maximum absolute atomic E-state index is 5.66. The second-order valence-corrected chi connectivity index (χ2v) is 4.84. The Morgan fingerprint density at radius 2 is 2.35 bits per heavy atom. The van der Waals surface area contributed by atoms with Crippen LogP contribution in [-0.2, 0) is 6.54 Å². The molecule has 17 heavy (non-hydrogen) atoms. The standard InChI is InChI=1S/C14H23N3/c1-2-5-13-6-3-4-9-17(13)14-7-8-16-12(10-14)11-15/h7-8,10,13H,2-6,9,11,15H2,1H3. The van der Waals surface area contributed by atoms with Gasteiger partial charge in [-0.1, -0.05) is 13.3 Å². The van der Waals surface area contributed by atoms with E-state index in [0.29, 0.717) is 12.6 Å². The van der Waals surface area contributed by atoms with E-state index in [4.69, 9.17) is 5.73 Å². The summed E-state index contributed by atoms with van der Waals surface area (Å²) >= 11 is 0. The Morgan fingerprint density at radius 3 is 3.12 bits per heavy atom. The zero-order valence-electron chi connectivity index (χ0n) is 10.7. The van der Waals surface area contributed by atoms with Crippen LogP contribution in [0.3, 0.4) is 0 Å². The predicted molar refractivity (Wildman–Crippen MR) is 72.0 cm³/mol. The normalized spacial score (nSPS) is 20.6. The predicted octanol–water partition coefficient (Wildman–Crippen LogP) is 2.70. The lowest BCUT2D eigenvalue weighted by Gasteiger charge is -2.37. The molecule has 1 saturated heterocycles. The lowest BCUT2D eigenvalue weighted by molar-refractivity contribution is 0.434. The van der Waals surface area contributed by atoms with Gasteiger partial charge in [0.1, 0.15) is 0 Å². The maximum atomic E-state index is 5.66. The fraction of sp³-hybridized carbons (Fsp3) is 0.643. The molecular weight excluding hydrogens is 210 g/mol. The number of hydrogen-bond acceptors (Lipinski definition) is 3. The zero-order valence-corrected chi connectivity index (χ0v) is 10.7. The van der Waals surface area contributed by atoms with Gasteiger partial charge in [0.2, 0.25) is 0 Å². The van der Waals surface area contributed by atoms with Crippen LogP contribution in [0.1, 0.15) is 44.7 Å². The minimum absolute atomic E-state index is 0.528. The first kappa shape index (κ1) is 12.4. The van der Waals surface area contributed by atoms with E-state index in [1.54, 1.807) is 0 Å². The summed E-state index contributed by atoms with van der Waals surface area (Å²) in [5.41, 5.74) is 7.95. The Balaban J connectivity index is 2.16. The van der Waals surface area contributed by atoms with Crippen LogP contribution in [0.15, 0.2) is 18.3 Å². The summed E-state index contributed by atoms with van der Waals surface area (Å²) in [6.07, 6.45) is 8.44. The van der Waals surface area contributed by atoms with Crippen LogP contribution in [0.2, 0.25) is 0 Å². The highest BCUT2D eigenvalue weighted by atomic mass is 15.2. The molecule has 0 radical (unpaired) electrons. The Bertz CT molecular complexity index is 349. The van der Waals surface area contributed by atoms with Gasteiger partial charge in [-0.05, 0) is 37.8 Å². The number of hydrogen-bond donors (Lipinski definition) is 1. The van der Waals surface area contributed by atoms with Crippen molar-refractivity contribution >= 4 is 5.69 Å². The van der Waals surface area contributed by atoms with Crippen molar-refractivity contribution < 1.29 is 0 Å². The molecule has 0 amide bonds. The molecule has 0 bridgehead atoms. The monoisotopic (exact) mass is 233 g/mol. The summed E-state index contributed by atoms with van der Waals surface area (Å²) in [6, 6.07) is 4.97. The first-order chi connectivity index (χ1) is 8.35. The molecule has 0 aliphatic carbocycles. The molecule has 1 aromatic heterocycles. The van der Waals surface area contributed by atoms with Crippen LogP contribution < -0.4 is 10.6 Å². The Labute approximate surface area is 104 Å². The van der Waals surface area contributed by atoms with E-state index in [1.807, 2.05) is 6.20 Å². The molecule has 3 heteroatoms. The molecule has 1 aromatic rings. The van der Waals surface area contributed by atoms with Crippen LogP contribution in [0.4, 0.5) is 5.69 Å². The quantitative estimate of drug-likeness (QED) is 0.869. The summed E-state index contributed by atoms with van der Waals surface area (Å²) < 4.78 is 0. The SMILES string of the molecule is CCCC1CCCCN1c1ccnc(CN)c1. The number of nitrogens with zero attached hydrogens (tertiary/aromatic N) is 2. The summed E-state index contributed by atoms with van der Waals surface area (Å²) in [4.78, 5) is 6.82. The minimum Gasteiger partial charge on any atom is -0.368 e. The highest BCUT2D eigenvalue weighted by molar-refractivity contribution is 5.48. The first-order valence-corrected chi connectivity index (χ1v) is 6.76. The summed E-state index contributed by atoms with van der Waals surface area (Å²) in [5.74, 6) is 0. The van der Waals surface area contributed by atoms with Gasteiger partial charge in [-0.3, -0.25) is 4.98 Å². The smallest absolute Gasteiger partial charge is 0.0560 e. The molecule has 2 rings (SSSR count). The van der Waals surface area contributed by atoms with Crippen molar-refractivity contribution in [1.82, 2.24) is 4.98 Å². The van der Waals surface area contributed by atoms with Crippen molar-refractivity contribution in [1.29, 1.82) is 0 Å². The van der Waals surface area contributed by atoms with Gasteiger partial charge in [0, 0.05) is 31.0 Å². The molecule has 0 aromatic carbocycles. The van der Waals surface area contributed by atoms with E-state index < -0.39 is 0 Å². The van der Waals surface area contributed by atoms with E-state index in [2.05, 4.69) is 28.9 Å². The number of pyridine rings is 1. The molecular formula is C14H23N3. The lowest BCUT2D eigenvalue weighted by Crippen LogP contribution is -2.39. The van der Waals surface area contributed by atoms with Gasteiger partial charge in [-0.15, -0.1) is 0 Å². The van der Waals surface area contributed by atoms with Gasteiger partial charge >= 0.3 is 0 Å². The number of aromatic nitrogens is 1. The van der Waals surface area contributed by atoms with Crippen molar-refractivity contribution in [3.05, 3.63) is 24.0 Å². The molecule has 94 valence electrons. The third-order valence-corrected chi connectivity index (χ3v) is 3.59. The van der Waals surface area contributed by atoms with Crippen molar-refractivity contribution in [3.8, 4) is 0 Å². The second kappa shape index (κ2) is 6.01. The van der Waals surface area contributed by atoms with Gasteiger partial charge in [0.05, 0.1) is 5.69 Å². The summed E-state index contributed by atoms with van der Waals surface area (Å²) in [5, 5.41) is 0. The van der Waals surface area contributed by atoms with E-state index in [9.17, 15) is 0 Å².